The third kappa shape index (κ3) is 3.08. The summed E-state index contributed by atoms with van der Waals surface area (Å²) in [5.41, 5.74) is 1.16. The van der Waals surface area contributed by atoms with Gasteiger partial charge in [-0.3, -0.25) is 0 Å². The van der Waals surface area contributed by atoms with Crippen molar-refractivity contribution in [3.8, 4) is 0 Å². The maximum atomic E-state index is 5.07. The molecule has 0 radical (unpaired) electrons. The van der Waals surface area contributed by atoms with Gasteiger partial charge in [0, 0.05) is 5.56 Å². The number of rotatable bonds is 1. The molecule has 1 aromatic heterocycles. The zero-order valence-electron chi connectivity index (χ0n) is 7.72. The van der Waals surface area contributed by atoms with Crippen LogP contribution in [0.2, 0.25) is 0 Å². The normalized spacial score (nSPS) is 9.45. The molecule has 1 rings (SSSR count). The van der Waals surface area contributed by atoms with Crippen molar-refractivity contribution < 1.29 is 4.42 Å². The van der Waals surface area contributed by atoms with Gasteiger partial charge in [0.25, 0.3) is 0 Å². The van der Waals surface area contributed by atoms with Gasteiger partial charge in [-0.1, -0.05) is 26.0 Å². The summed E-state index contributed by atoms with van der Waals surface area (Å²) in [6.45, 7) is 7.95. The van der Waals surface area contributed by atoms with Crippen LogP contribution in [0.15, 0.2) is 22.8 Å². The molecule has 0 aliphatic carbocycles. The average molecular weight is 152 g/mol. The summed E-state index contributed by atoms with van der Waals surface area (Å²) in [6, 6.07) is 1.95. The fraction of sp³-hybridized carbons (Fsp3) is 0.400. The zero-order valence-corrected chi connectivity index (χ0v) is 7.72. The highest BCUT2D eigenvalue weighted by Gasteiger charge is 1.92. The highest BCUT2D eigenvalue weighted by molar-refractivity contribution is 5.49. The Labute approximate surface area is 68.7 Å². The molecule has 0 saturated heterocycles. The smallest absolute Gasteiger partial charge is 0.107 e. The first-order chi connectivity index (χ1) is 5.34. The van der Waals surface area contributed by atoms with Gasteiger partial charge >= 0.3 is 0 Å². The Morgan fingerprint density at radius 2 is 2.00 bits per heavy atom. The molecular weight excluding hydrogens is 136 g/mol. The Kier molecular flexibility index (Phi) is 5.26. The summed E-state index contributed by atoms with van der Waals surface area (Å²) in [5.74, 6) is 0.980. The lowest BCUT2D eigenvalue weighted by molar-refractivity contribution is 0.533. The molecule has 1 nitrogen and oxygen atoms in total. The Balaban J connectivity index is 0.000000461. The highest BCUT2D eigenvalue weighted by atomic mass is 16.3. The second kappa shape index (κ2) is 5.78. The number of allylic oxidation sites excluding steroid dienone is 1. The fourth-order valence-electron chi connectivity index (χ4n) is 0.747. The van der Waals surface area contributed by atoms with Gasteiger partial charge in [-0.2, -0.15) is 0 Å². The molecule has 1 heteroatoms. The van der Waals surface area contributed by atoms with Crippen LogP contribution in [-0.2, 0) is 0 Å². The van der Waals surface area contributed by atoms with Gasteiger partial charge in [-0.05, 0) is 19.9 Å². The minimum atomic E-state index is 0.980. The zero-order chi connectivity index (χ0) is 8.69. The third-order valence-corrected chi connectivity index (χ3v) is 1.25. The highest BCUT2D eigenvalue weighted by Crippen LogP contribution is 2.09. The molecule has 0 bridgehead atoms. The first kappa shape index (κ1) is 10.0. The predicted octanol–water partition coefficient (Wildman–Crippen LogP) is 3.65. The van der Waals surface area contributed by atoms with Crippen LogP contribution < -0.4 is 0 Å². The molecule has 0 unspecified atom stereocenters. The van der Waals surface area contributed by atoms with Gasteiger partial charge in [0.1, 0.15) is 5.76 Å². The molecule has 0 amide bonds. The van der Waals surface area contributed by atoms with Crippen molar-refractivity contribution in [2.45, 2.75) is 27.7 Å². The van der Waals surface area contributed by atoms with Crippen LogP contribution in [-0.4, -0.2) is 0 Å². The molecule has 0 aliphatic rings. The first-order valence-corrected chi connectivity index (χ1v) is 4.01. The van der Waals surface area contributed by atoms with E-state index < -0.39 is 0 Å². The van der Waals surface area contributed by atoms with E-state index in [0.717, 1.165) is 11.3 Å². The Hall–Kier alpha value is -0.980. The van der Waals surface area contributed by atoms with Gasteiger partial charge in [-0.15, -0.1) is 0 Å². The number of hydrogen-bond donors (Lipinski definition) is 0. The van der Waals surface area contributed by atoms with E-state index in [4.69, 9.17) is 4.42 Å². The van der Waals surface area contributed by atoms with E-state index in [-0.39, 0.29) is 0 Å². The number of aryl methyl sites for hydroxylation is 1. The molecule has 1 aromatic rings. The van der Waals surface area contributed by atoms with Crippen LogP contribution in [0.5, 0.6) is 0 Å². The van der Waals surface area contributed by atoms with Gasteiger partial charge < -0.3 is 4.42 Å². The van der Waals surface area contributed by atoms with E-state index in [1.807, 2.05) is 45.9 Å². The van der Waals surface area contributed by atoms with Crippen LogP contribution in [0.3, 0.4) is 0 Å². The molecule has 0 fully saturated rings. The Morgan fingerprint density at radius 3 is 2.36 bits per heavy atom. The predicted molar refractivity (Wildman–Crippen MR) is 49.5 cm³/mol. The summed E-state index contributed by atoms with van der Waals surface area (Å²) < 4.78 is 5.07. The Bertz CT molecular complexity index is 208. The standard InChI is InChI=1S/C8H10O.C2H6/c1-3-4-8-5-6-9-7(8)2;1-2/h3-6H,1-2H3;1-2H3/b4-3-;. The van der Waals surface area contributed by atoms with Crippen molar-refractivity contribution in [1.82, 2.24) is 0 Å². The van der Waals surface area contributed by atoms with Crippen LogP contribution >= 0.6 is 0 Å². The third-order valence-electron chi connectivity index (χ3n) is 1.25. The van der Waals surface area contributed by atoms with Crippen LogP contribution in [0, 0.1) is 6.92 Å². The molecule has 62 valence electrons. The molecule has 0 atom stereocenters. The molecule has 11 heavy (non-hydrogen) atoms. The van der Waals surface area contributed by atoms with Crippen LogP contribution in [0.4, 0.5) is 0 Å². The monoisotopic (exact) mass is 152 g/mol. The molecule has 0 saturated carbocycles. The van der Waals surface area contributed by atoms with Gasteiger partial charge in [-0.25, -0.2) is 0 Å². The van der Waals surface area contributed by atoms with Crippen molar-refractivity contribution in [2.75, 3.05) is 0 Å². The lowest BCUT2D eigenvalue weighted by atomic mass is 10.2. The SMILES string of the molecule is C/C=C\c1ccoc1C.CC. The number of hydrogen-bond acceptors (Lipinski definition) is 1. The minimum Gasteiger partial charge on any atom is -0.469 e. The van der Waals surface area contributed by atoms with Crippen LogP contribution in [0.25, 0.3) is 6.08 Å². The molecule has 0 aromatic carbocycles. The average Bonchev–Trinajstić information content (AvgIpc) is 2.42. The molecule has 0 aliphatic heterocycles. The van der Waals surface area contributed by atoms with E-state index in [1.54, 1.807) is 6.26 Å². The van der Waals surface area contributed by atoms with E-state index in [9.17, 15) is 0 Å². The maximum Gasteiger partial charge on any atom is 0.107 e. The summed E-state index contributed by atoms with van der Waals surface area (Å²) in [7, 11) is 0. The van der Waals surface area contributed by atoms with E-state index >= 15 is 0 Å². The van der Waals surface area contributed by atoms with Crippen molar-refractivity contribution in [1.29, 1.82) is 0 Å². The lowest BCUT2D eigenvalue weighted by Gasteiger charge is -1.83. The minimum absolute atomic E-state index is 0.980. The van der Waals surface area contributed by atoms with Gasteiger partial charge in [0.15, 0.2) is 0 Å². The lowest BCUT2D eigenvalue weighted by Crippen LogP contribution is -1.66. The molecule has 0 spiro atoms. The fourth-order valence-corrected chi connectivity index (χ4v) is 0.747. The van der Waals surface area contributed by atoms with E-state index in [0.29, 0.717) is 0 Å². The molecule has 1 heterocycles. The quantitative estimate of drug-likeness (QED) is 0.598. The summed E-state index contributed by atoms with van der Waals surface area (Å²) in [4.78, 5) is 0. The summed E-state index contributed by atoms with van der Waals surface area (Å²) >= 11 is 0. The molecular formula is C10H16O. The summed E-state index contributed by atoms with van der Waals surface area (Å²) in [5, 5.41) is 0. The maximum absolute atomic E-state index is 5.07. The Morgan fingerprint density at radius 1 is 1.36 bits per heavy atom. The van der Waals surface area contributed by atoms with Crippen molar-refractivity contribution >= 4 is 6.08 Å². The van der Waals surface area contributed by atoms with Crippen LogP contribution in [0.1, 0.15) is 32.1 Å². The largest absolute Gasteiger partial charge is 0.469 e. The van der Waals surface area contributed by atoms with E-state index in [1.165, 1.54) is 0 Å². The number of furan rings is 1. The summed E-state index contributed by atoms with van der Waals surface area (Å²) in [6.07, 6.45) is 5.72. The molecule has 0 N–H and O–H groups in total. The van der Waals surface area contributed by atoms with E-state index in [2.05, 4.69) is 0 Å². The van der Waals surface area contributed by atoms with Crippen molar-refractivity contribution in [2.24, 2.45) is 0 Å². The van der Waals surface area contributed by atoms with Crippen molar-refractivity contribution in [3.63, 3.8) is 0 Å². The van der Waals surface area contributed by atoms with Gasteiger partial charge in [0.2, 0.25) is 0 Å². The second-order valence-corrected chi connectivity index (χ2v) is 1.93. The topological polar surface area (TPSA) is 13.1 Å². The van der Waals surface area contributed by atoms with Crippen molar-refractivity contribution in [3.05, 3.63) is 29.7 Å². The first-order valence-electron chi connectivity index (χ1n) is 4.01. The second-order valence-electron chi connectivity index (χ2n) is 1.93. The van der Waals surface area contributed by atoms with Gasteiger partial charge in [0.05, 0.1) is 6.26 Å².